The first-order valence-electron chi connectivity index (χ1n) is 4.26. The van der Waals surface area contributed by atoms with Gasteiger partial charge in [0.25, 0.3) is 0 Å². The van der Waals surface area contributed by atoms with Gasteiger partial charge in [0.1, 0.15) is 22.8 Å². The van der Waals surface area contributed by atoms with Crippen LogP contribution in [0.1, 0.15) is 0 Å². The van der Waals surface area contributed by atoms with Gasteiger partial charge in [-0.2, -0.15) is 0 Å². The molecule has 0 amide bonds. The minimum Gasteiger partial charge on any atom is -0.363 e. The number of aromatic nitrogens is 1. The average Bonchev–Trinajstić information content (AvgIpc) is 2.79. The van der Waals surface area contributed by atoms with Crippen molar-refractivity contribution in [1.29, 1.82) is 0 Å². The van der Waals surface area contributed by atoms with Gasteiger partial charge in [0.15, 0.2) is 11.6 Å². The van der Waals surface area contributed by atoms with Crippen LogP contribution in [-0.2, 0) is 0 Å². The summed E-state index contributed by atoms with van der Waals surface area (Å²) in [5.74, 6) is -2.70. The predicted molar refractivity (Wildman–Crippen MR) is 60.0 cm³/mol. The average molecular weight is 325 g/mol. The molecule has 1 aromatic heterocycles. The highest BCUT2D eigenvalue weighted by Gasteiger charge is 2.18. The molecule has 0 radical (unpaired) electrons. The van der Waals surface area contributed by atoms with Gasteiger partial charge < -0.3 is 9.25 Å². The summed E-state index contributed by atoms with van der Waals surface area (Å²) in [5, 5.41) is 3.49. The van der Waals surface area contributed by atoms with E-state index < -0.39 is 21.9 Å². The molecule has 2 rings (SSSR count). The molecule has 0 spiro atoms. The molecular weight excluding hydrogens is 321 g/mol. The van der Waals surface area contributed by atoms with Crippen LogP contribution in [0.3, 0.4) is 0 Å². The first-order chi connectivity index (χ1) is 8.09. The number of hydrogen-bond donors (Lipinski definition) is 1. The van der Waals surface area contributed by atoms with Crippen LogP contribution in [-0.4, -0.2) is 5.16 Å². The van der Waals surface area contributed by atoms with Crippen LogP contribution in [0.4, 0.5) is 19.0 Å². The van der Waals surface area contributed by atoms with Crippen LogP contribution >= 0.6 is 27.9 Å². The maximum atomic E-state index is 13.5. The fraction of sp³-hybridized carbons (Fsp3) is 0. The number of halogens is 4. The van der Waals surface area contributed by atoms with Gasteiger partial charge in [0, 0.05) is 12.1 Å². The van der Waals surface area contributed by atoms with E-state index in [-0.39, 0.29) is 4.90 Å². The molecule has 0 atom stereocenters. The van der Waals surface area contributed by atoms with Crippen molar-refractivity contribution in [3.05, 3.63) is 40.3 Å². The molecule has 0 aliphatic heterocycles. The molecule has 0 aliphatic rings. The summed E-state index contributed by atoms with van der Waals surface area (Å²) in [6.45, 7) is 0. The summed E-state index contributed by atoms with van der Waals surface area (Å²) in [7, 11) is 0. The lowest BCUT2D eigenvalue weighted by Gasteiger charge is -2.06. The minimum absolute atomic E-state index is 0.300. The van der Waals surface area contributed by atoms with Gasteiger partial charge in [0.05, 0.1) is 4.47 Å². The minimum atomic E-state index is -1.01. The van der Waals surface area contributed by atoms with Crippen LogP contribution in [0.2, 0.25) is 0 Å². The molecule has 17 heavy (non-hydrogen) atoms. The highest BCUT2D eigenvalue weighted by molar-refractivity contribution is 9.10. The molecule has 0 fully saturated rings. The van der Waals surface area contributed by atoms with Crippen molar-refractivity contribution in [3.63, 3.8) is 0 Å². The predicted octanol–water partition coefficient (Wildman–Crippen LogP) is 3.97. The van der Waals surface area contributed by atoms with Crippen molar-refractivity contribution in [2.75, 3.05) is 4.72 Å². The lowest BCUT2D eigenvalue weighted by atomic mass is 10.3. The Morgan fingerprint density at radius 2 is 2.06 bits per heavy atom. The second-order valence-electron chi connectivity index (χ2n) is 2.89. The molecule has 3 nitrogen and oxygen atoms in total. The van der Waals surface area contributed by atoms with Gasteiger partial charge in [0.2, 0.25) is 0 Å². The SMILES string of the molecule is Fc1cc(F)c(SNc2ccon2)c(F)c1Br. The summed E-state index contributed by atoms with van der Waals surface area (Å²) in [6.07, 6.45) is 1.30. The van der Waals surface area contributed by atoms with Gasteiger partial charge in [-0.25, -0.2) is 13.2 Å². The van der Waals surface area contributed by atoms with E-state index in [9.17, 15) is 13.2 Å². The van der Waals surface area contributed by atoms with Crippen molar-refractivity contribution in [2.24, 2.45) is 0 Å². The fourth-order valence-electron chi connectivity index (χ4n) is 1.01. The zero-order chi connectivity index (χ0) is 12.4. The molecule has 2 aromatic rings. The Labute approximate surface area is 107 Å². The molecule has 1 aromatic carbocycles. The largest absolute Gasteiger partial charge is 0.363 e. The van der Waals surface area contributed by atoms with E-state index in [2.05, 4.69) is 30.3 Å². The third-order valence-electron chi connectivity index (χ3n) is 1.77. The number of nitrogens with zero attached hydrogens (tertiary/aromatic N) is 1. The third kappa shape index (κ3) is 2.58. The zero-order valence-electron chi connectivity index (χ0n) is 8.01. The van der Waals surface area contributed by atoms with Crippen LogP contribution < -0.4 is 4.72 Å². The van der Waals surface area contributed by atoms with Gasteiger partial charge >= 0.3 is 0 Å². The highest BCUT2D eigenvalue weighted by atomic mass is 79.9. The molecule has 0 bridgehead atoms. The van der Waals surface area contributed by atoms with Crippen LogP contribution in [0.25, 0.3) is 0 Å². The maximum absolute atomic E-state index is 13.5. The zero-order valence-corrected chi connectivity index (χ0v) is 10.4. The van der Waals surface area contributed by atoms with Crippen LogP contribution in [0.5, 0.6) is 0 Å². The van der Waals surface area contributed by atoms with Crippen molar-refractivity contribution >= 4 is 33.7 Å². The first-order valence-corrected chi connectivity index (χ1v) is 5.86. The Morgan fingerprint density at radius 1 is 1.29 bits per heavy atom. The molecule has 1 N–H and O–H groups in total. The summed E-state index contributed by atoms with van der Waals surface area (Å²) < 4.78 is 46.5. The number of benzene rings is 1. The molecule has 0 saturated carbocycles. The molecule has 0 saturated heterocycles. The van der Waals surface area contributed by atoms with E-state index in [0.717, 1.165) is 0 Å². The number of rotatable bonds is 3. The Kier molecular flexibility index (Phi) is 3.63. The second kappa shape index (κ2) is 5.01. The Hall–Kier alpha value is -1.15. The molecule has 90 valence electrons. The summed E-state index contributed by atoms with van der Waals surface area (Å²) in [4.78, 5) is -0.360. The normalized spacial score (nSPS) is 10.6. The van der Waals surface area contributed by atoms with Gasteiger partial charge in [-0.15, -0.1) is 0 Å². The third-order valence-corrected chi connectivity index (χ3v) is 3.38. The van der Waals surface area contributed by atoms with E-state index in [0.29, 0.717) is 23.8 Å². The van der Waals surface area contributed by atoms with Crippen molar-refractivity contribution in [1.82, 2.24) is 5.16 Å². The van der Waals surface area contributed by atoms with E-state index in [1.807, 2.05) is 0 Å². The van der Waals surface area contributed by atoms with Crippen molar-refractivity contribution in [3.8, 4) is 0 Å². The summed E-state index contributed by atoms with van der Waals surface area (Å²) in [6, 6.07) is 2.07. The van der Waals surface area contributed by atoms with Crippen molar-refractivity contribution < 1.29 is 17.7 Å². The number of nitrogens with one attached hydrogen (secondary N) is 1. The lowest BCUT2D eigenvalue weighted by molar-refractivity contribution is 0.423. The Bertz CT molecular complexity index is 536. The van der Waals surface area contributed by atoms with Crippen LogP contribution in [0, 0.1) is 17.5 Å². The standard InChI is InChI=1S/C9H4BrF3N2OS/c10-7-4(11)3-5(12)9(8(7)13)17-15-6-1-2-16-14-6/h1-3H,(H,14,15). The molecule has 8 heteroatoms. The van der Waals surface area contributed by atoms with Gasteiger partial charge in [-0.3, -0.25) is 0 Å². The fourth-order valence-corrected chi connectivity index (χ4v) is 2.12. The van der Waals surface area contributed by atoms with Gasteiger partial charge in [-0.1, -0.05) is 5.16 Å². The molecule has 0 unspecified atom stereocenters. The molecule has 0 aliphatic carbocycles. The Balaban J connectivity index is 2.24. The number of hydrogen-bond acceptors (Lipinski definition) is 4. The summed E-state index contributed by atoms with van der Waals surface area (Å²) >= 11 is 3.33. The maximum Gasteiger partial charge on any atom is 0.179 e. The van der Waals surface area contributed by atoms with E-state index in [4.69, 9.17) is 0 Å². The second-order valence-corrected chi connectivity index (χ2v) is 4.50. The molecular formula is C9H4BrF3N2OS. The van der Waals surface area contributed by atoms with E-state index >= 15 is 0 Å². The smallest absolute Gasteiger partial charge is 0.179 e. The van der Waals surface area contributed by atoms with Gasteiger partial charge in [-0.05, 0) is 27.9 Å². The van der Waals surface area contributed by atoms with Crippen molar-refractivity contribution in [2.45, 2.75) is 4.90 Å². The number of anilines is 1. The monoisotopic (exact) mass is 324 g/mol. The highest BCUT2D eigenvalue weighted by Crippen LogP contribution is 2.32. The van der Waals surface area contributed by atoms with E-state index in [1.165, 1.54) is 12.3 Å². The first kappa shape index (κ1) is 12.3. The summed E-state index contributed by atoms with van der Waals surface area (Å²) in [5.41, 5.74) is 0. The topological polar surface area (TPSA) is 38.1 Å². The lowest BCUT2D eigenvalue weighted by Crippen LogP contribution is -1.96. The van der Waals surface area contributed by atoms with Crippen LogP contribution in [0.15, 0.2) is 32.3 Å². The molecule has 1 heterocycles. The Morgan fingerprint density at radius 3 is 2.71 bits per heavy atom. The van der Waals surface area contributed by atoms with E-state index in [1.54, 1.807) is 0 Å². The quantitative estimate of drug-likeness (QED) is 0.526.